The van der Waals surface area contributed by atoms with Gasteiger partial charge in [-0.25, -0.2) is 9.13 Å². The average Bonchev–Trinajstić information content (AvgIpc) is 0.918. The summed E-state index contributed by atoms with van der Waals surface area (Å²) in [5.41, 5.74) is 0. The number of aliphatic hydroxyl groups is 1. The van der Waals surface area contributed by atoms with Crippen molar-refractivity contribution in [3.8, 4) is 0 Å². The number of esters is 4. The van der Waals surface area contributed by atoms with Crippen molar-refractivity contribution in [2.45, 2.75) is 380 Å². The second-order valence-corrected chi connectivity index (χ2v) is 30.6. The fraction of sp³-hybridized carbons (Fsp3) is 0.765. The summed E-state index contributed by atoms with van der Waals surface area (Å²) in [6, 6.07) is 0. The number of phosphoric ester groups is 2. The number of allylic oxidation sites excluding steroid dienone is 16. The lowest BCUT2D eigenvalue weighted by Gasteiger charge is -2.21. The molecule has 0 spiro atoms. The van der Waals surface area contributed by atoms with E-state index in [0.29, 0.717) is 25.7 Å². The molecule has 5 unspecified atom stereocenters. The highest BCUT2D eigenvalue weighted by molar-refractivity contribution is 7.47. The highest BCUT2D eigenvalue weighted by Crippen LogP contribution is 2.45. The number of unbranched alkanes of at least 4 members (excludes halogenated alkanes) is 36. The number of phosphoric acid groups is 2. The summed E-state index contributed by atoms with van der Waals surface area (Å²) in [6.07, 6.45) is 82.2. The van der Waals surface area contributed by atoms with Gasteiger partial charge in [0.25, 0.3) is 0 Å². The third kappa shape index (κ3) is 76.2. The summed E-state index contributed by atoms with van der Waals surface area (Å²) in [4.78, 5) is 73.1. The molecule has 0 aliphatic rings. The monoisotopic (exact) mass is 1510 g/mol. The zero-order valence-corrected chi connectivity index (χ0v) is 67.7. The van der Waals surface area contributed by atoms with Crippen molar-refractivity contribution in [1.82, 2.24) is 0 Å². The quantitative estimate of drug-likeness (QED) is 0.0169. The van der Waals surface area contributed by atoms with Crippen LogP contribution in [0.3, 0.4) is 0 Å². The van der Waals surface area contributed by atoms with Gasteiger partial charge in [-0.1, -0.05) is 279 Å². The van der Waals surface area contributed by atoms with Gasteiger partial charge < -0.3 is 33.8 Å². The van der Waals surface area contributed by atoms with Crippen LogP contribution < -0.4 is 0 Å². The first-order valence-electron chi connectivity index (χ1n) is 41.5. The van der Waals surface area contributed by atoms with Crippen LogP contribution in [-0.4, -0.2) is 96.7 Å². The minimum atomic E-state index is -4.99. The van der Waals surface area contributed by atoms with Crippen LogP contribution in [0.1, 0.15) is 362 Å². The van der Waals surface area contributed by atoms with E-state index in [4.69, 9.17) is 37.0 Å². The SMILES string of the molecule is CCCCC/C=C\C/C=C\C/C=C\CCCCCCCCC(=O)OCC(COP(=O)(O)OCC(O)COP(=O)(O)OCC(COC(=O)CCCCCCC/C=C\C/C=C\CCCCC)OC(=O)CCCCCCC/C=C\CCCCCCCC)OC(=O)CCCCCCC/C=C\C/C=C\CCCCC. The maximum atomic E-state index is 13.1. The van der Waals surface area contributed by atoms with Crippen molar-refractivity contribution in [3.05, 3.63) is 97.2 Å². The molecule has 0 heterocycles. The predicted octanol–water partition coefficient (Wildman–Crippen LogP) is 24.3. The Hall–Kier alpha value is -4.02. The molecule has 0 aromatic heterocycles. The molecule has 0 aliphatic heterocycles. The Morgan fingerprint density at radius 1 is 0.269 bits per heavy atom. The number of carbonyl (C=O) groups excluding carboxylic acids is 4. The van der Waals surface area contributed by atoms with Crippen molar-refractivity contribution in [3.63, 3.8) is 0 Å². The van der Waals surface area contributed by atoms with Gasteiger partial charge in [0.05, 0.1) is 26.4 Å². The topological polar surface area (TPSA) is 237 Å². The predicted molar refractivity (Wildman–Crippen MR) is 427 cm³/mol. The lowest BCUT2D eigenvalue weighted by Crippen LogP contribution is -2.30. The van der Waals surface area contributed by atoms with Crippen LogP contribution in [0.15, 0.2) is 97.2 Å². The summed E-state index contributed by atoms with van der Waals surface area (Å²) >= 11 is 0. The van der Waals surface area contributed by atoms with E-state index in [1.807, 2.05) is 0 Å². The molecule has 0 saturated carbocycles. The average molecular weight is 1510 g/mol. The molecule has 5 atom stereocenters. The molecule has 0 saturated heterocycles. The van der Waals surface area contributed by atoms with Crippen LogP contribution >= 0.6 is 15.6 Å². The second-order valence-electron chi connectivity index (χ2n) is 27.7. The van der Waals surface area contributed by atoms with Gasteiger partial charge in [-0.05, 0) is 154 Å². The smallest absolute Gasteiger partial charge is 0.462 e. The zero-order valence-electron chi connectivity index (χ0n) is 65.9. The maximum absolute atomic E-state index is 13.1. The van der Waals surface area contributed by atoms with E-state index in [-0.39, 0.29) is 25.7 Å². The van der Waals surface area contributed by atoms with Crippen molar-refractivity contribution in [1.29, 1.82) is 0 Å². The zero-order chi connectivity index (χ0) is 76.0. The van der Waals surface area contributed by atoms with Gasteiger partial charge in [0.2, 0.25) is 0 Å². The van der Waals surface area contributed by atoms with E-state index in [1.165, 1.54) is 96.3 Å². The molecular weight excluding hydrogens is 1350 g/mol. The van der Waals surface area contributed by atoms with Crippen molar-refractivity contribution < 1.29 is 80.2 Å². The highest BCUT2D eigenvalue weighted by atomic mass is 31.2. The van der Waals surface area contributed by atoms with Gasteiger partial charge >= 0.3 is 39.5 Å². The van der Waals surface area contributed by atoms with E-state index in [2.05, 4.69) is 125 Å². The molecule has 0 fully saturated rings. The summed E-state index contributed by atoms with van der Waals surface area (Å²) in [6.45, 7) is 4.79. The largest absolute Gasteiger partial charge is 0.472 e. The summed E-state index contributed by atoms with van der Waals surface area (Å²) < 4.78 is 68.7. The normalized spacial score (nSPS) is 14.3. The molecule has 0 radical (unpaired) electrons. The summed E-state index contributed by atoms with van der Waals surface area (Å²) in [5.74, 6) is -2.21. The molecule has 3 N–H and O–H groups in total. The van der Waals surface area contributed by atoms with Gasteiger partial charge in [0, 0.05) is 25.7 Å². The van der Waals surface area contributed by atoms with E-state index in [0.717, 1.165) is 186 Å². The Morgan fingerprint density at radius 3 is 0.750 bits per heavy atom. The van der Waals surface area contributed by atoms with Crippen LogP contribution in [0.5, 0.6) is 0 Å². The van der Waals surface area contributed by atoms with Gasteiger partial charge in [0.1, 0.15) is 19.3 Å². The van der Waals surface area contributed by atoms with Crippen molar-refractivity contribution >= 4 is 39.5 Å². The summed E-state index contributed by atoms with van der Waals surface area (Å²) in [7, 11) is -9.97. The maximum Gasteiger partial charge on any atom is 0.472 e. The van der Waals surface area contributed by atoms with E-state index < -0.39 is 97.5 Å². The summed E-state index contributed by atoms with van der Waals surface area (Å²) in [5, 5.41) is 10.7. The third-order valence-corrected chi connectivity index (χ3v) is 19.4. The molecule has 19 heteroatoms. The fourth-order valence-corrected chi connectivity index (χ4v) is 12.7. The number of ether oxygens (including phenoxy) is 4. The number of hydrogen-bond donors (Lipinski definition) is 3. The molecule has 0 bridgehead atoms. The molecule has 0 aliphatic carbocycles. The lowest BCUT2D eigenvalue weighted by atomic mass is 10.1. The van der Waals surface area contributed by atoms with E-state index >= 15 is 0 Å². The minimum Gasteiger partial charge on any atom is -0.462 e. The van der Waals surface area contributed by atoms with Crippen molar-refractivity contribution in [2.24, 2.45) is 0 Å². The van der Waals surface area contributed by atoms with E-state index in [1.54, 1.807) is 0 Å². The Bertz CT molecular complexity index is 2350. The number of aliphatic hydroxyl groups excluding tert-OH is 1. The fourth-order valence-electron chi connectivity index (χ4n) is 11.1. The lowest BCUT2D eigenvalue weighted by molar-refractivity contribution is -0.161. The standard InChI is InChI=1S/C85H150O17P2/c1-5-9-13-17-21-25-29-33-37-38-39-40-44-46-50-54-58-62-66-70-83(88)96-76-81(102-85(90)72-68-64-60-56-52-48-43-36-32-28-24-20-16-12-8-4)78-100-104(93,94)98-74-79(86)73-97-103(91,92)99-77-80(101-84(89)71-67-63-59-55-51-47-42-35-31-27-23-19-15-11-7-3)75-95-82(87)69-65-61-57-53-49-45-41-34-30-26-22-18-14-10-6-2/h21-22,24-26,28,33-37,39-43,79-81,86H,5-20,23,27,29-32,38,44-78H2,1-4H3,(H,91,92)(H,93,94)/b25-21-,26-22-,28-24-,37-33-,40-39-,41-34-,42-35-,43-36-. The molecule has 0 aromatic carbocycles. The molecule has 602 valence electrons. The van der Waals surface area contributed by atoms with Gasteiger partial charge in [0.15, 0.2) is 12.2 Å². The minimum absolute atomic E-state index is 0.0758. The second kappa shape index (κ2) is 77.1. The molecule has 17 nitrogen and oxygen atoms in total. The Morgan fingerprint density at radius 2 is 0.471 bits per heavy atom. The molecule has 104 heavy (non-hydrogen) atoms. The highest BCUT2D eigenvalue weighted by Gasteiger charge is 2.30. The number of hydrogen-bond acceptors (Lipinski definition) is 15. The van der Waals surface area contributed by atoms with E-state index in [9.17, 15) is 43.2 Å². The third-order valence-electron chi connectivity index (χ3n) is 17.5. The van der Waals surface area contributed by atoms with Crippen LogP contribution in [0.4, 0.5) is 0 Å². The van der Waals surface area contributed by atoms with Crippen LogP contribution in [-0.2, 0) is 65.4 Å². The Balaban J connectivity index is 5.38. The molecule has 0 rings (SSSR count). The van der Waals surface area contributed by atoms with Gasteiger partial charge in [-0.3, -0.25) is 37.3 Å². The first-order chi connectivity index (χ1) is 50.7. The molecule has 0 aromatic rings. The van der Waals surface area contributed by atoms with Gasteiger partial charge in [-0.15, -0.1) is 0 Å². The molecule has 0 amide bonds. The van der Waals surface area contributed by atoms with Crippen LogP contribution in [0.25, 0.3) is 0 Å². The van der Waals surface area contributed by atoms with Crippen LogP contribution in [0, 0.1) is 0 Å². The number of carbonyl (C=O) groups is 4. The first kappa shape index (κ1) is 100.0. The van der Waals surface area contributed by atoms with Crippen LogP contribution in [0.2, 0.25) is 0 Å². The van der Waals surface area contributed by atoms with Gasteiger partial charge in [-0.2, -0.15) is 0 Å². The number of rotatable bonds is 78. The first-order valence-corrected chi connectivity index (χ1v) is 44.5. The Kier molecular flexibility index (Phi) is 74.2. The molecular formula is C85H150O17P2. The Labute approximate surface area is 633 Å². The van der Waals surface area contributed by atoms with Crippen molar-refractivity contribution in [2.75, 3.05) is 39.6 Å².